The highest BCUT2D eigenvalue weighted by Crippen LogP contribution is 2.29. The predicted molar refractivity (Wildman–Crippen MR) is 123 cm³/mol. The molecule has 2 rings (SSSR count). The van der Waals surface area contributed by atoms with Crippen molar-refractivity contribution in [2.24, 2.45) is 4.99 Å². The van der Waals surface area contributed by atoms with E-state index < -0.39 is 6.61 Å². The van der Waals surface area contributed by atoms with Crippen molar-refractivity contribution in [2.45, 2.75) is 46.4 Å². The number of nitrogens with zero attached hydrogens (tertiary/aromatic N) is 2. The van der Waals surface area contributed by atoms with Crippen molar-refractivity contribution < 1.29 is 18.3 Å². The molecule has 0 bridgehead atoms. The van der Waals surface area contributed by atoms with E-state index in [0.717, 1.165) is 16.3 Å². The number of thiazole rings is 1. The topological polar surface area (TPSA) is 67.8 Å². The molecule has 6 nitrogen and oxygen atoms in total. The van der Waals surface area contributed by atoms with E-state index in [1.807, 2.05) is 0 Å². The second-order valence-electron chi connectivity index (χ2n) is 6.19. The van der Waals surface area contributed by atoms with Crippen molar-refractivity contribution in [3.05, 3.63) is 39.8 Å². The molecule has 2 aromatic rings. The highest BCUT2D eigenvalue weighted by atomic mass is 127. The molecule has 0 radical (unpaired) electrons. The molecule has 0 aliphatic carbocycles. The fourth-order valence-corrected chi connectivity index (χ4v) is 3.26. The smallest absolute Gasteiger partial charge is 0.387 e. The lowest BCUT2D eigenvalue weighted by molar-refractivity contribution is -0.0514. The normalized spacial score (nSPS) is 11.4. The summed E-state index contributed by atoms with van der Waals surface area (Å²) < 4.78 is 34.9. The van der Waals surface area contributed by atoms with Gasteiger partial charge >= 0.3 is 6.61 Å². The Morgan fingerprint density at radius 1 is 1.21 bits per heavy atom. The first kappa shape index (κ1) is 25.3. The predicted octanol–water partition coefficient (Wildman–Crippen LogP) is 4.75. The molecule has 0 fully saturated rings. The van der Waals surface area contributed by atoms with Crippen LogP contribution in [0.1, 0.15) is 43.0 Å². The third kappa shape index (κ3) is 8.29. The van der Waals surface area contributed by atoms with Crippen LogP contribution in [0, 0.1) is 0 Å². The van der Waals surface area contributed by atoms with Gasteiger partial charge < -0.3 is 20.1 Å². The van der Waals surface area contributed by atoms with Crippen LogP contribution in [0.3, 0.4) is 0 Å². The van der Waals surface area contributed by atoms with E-state index in [-0.39, 0.29) is 35.5 Å². The molecule has 1 heterocycles. The second-order valence-corrected chi connectivity index (χ2v) is 7.14. The molecule has 0 unspecified atom stereocenters. The summed E-state index contributed by atoms with van der Waals surface area (Å²) in [6.45, 7) is 4.49. The summed E-state index contributed by atoms with van der Waals surface area (Å²) in [6.07, 6.45) is 0. The standard InChI is InChI=1S/C19H26F2N4O2S.HI/c1-5-26-16-8-13(6-7-15(16)27-18(20)21)9-23-19(22-4)24-10-17-25-14(11-28-17)12(2)3;/h6-8,11-12,18H,5,9-10H2,1-4H3,(H2,22,23,24);1H. The minimum atomic E-state index is -2.90. The quantitative estimate of drug-likeness (QED) is 0.273. The summed E-state index contributed by atoms with van der Waals surface area (Å²) in [5, 5.41) is 9.45. The van der Waals surface area contributed by atoms with Gasteiger partial charge in [-0.3, -0.25) is 4.99 Å². The SMILES string of the molecule is CCOc1cc(CNC(=NC)NCc2nc(C(C)C)cs2)ccc1OC(F)F.I. The summed E-state index contributed by atoms with van der Waals surface area (Å²) in [5.74, 6) is 1.33. The Kier molecular flexibility index (Phi) is 11.2. The number of benzene rings is 1. The van der Waals surface area contributed by atoms with Crippen LogP contribution in [-0.4, -0.2) is 31.2 Å². The van der Waals surface area contributed by atoms with Gasteiger partial charge in [-0.05, 0) is 30.5 Å². The summed E-state index contributed by atoms with van der Waals surface area (Å²) in [4.78, 5) is 8.77. The second kappa shape index (κ2) is 12.8. The first-order valence-corrected chi connectivity index (χ1v) is 9.90. The Balaban J connectivity index is 0.00000420. The average Bonchev–Trinajstić information content (AvgIpc) is 3.13. The van der Waals surface area contributed by atoms with Crippen LogP contribution in [0.5, 0.6) is 11.5 Å². The molecule has 0 amide bonds. The molecule has 0 spiro atoms. The van der Waals surface area contributed by atoms with Crippen molar-refractivity contribution >= 4 is 41.3 Å². The molecule has 0 aliphatic rings. The van der Waals surface area contributed by atoms with E-state index in [4.69, 9.17) is 4.74 Å². The van der Waals surface area contributed by atoms with Gasteiger partial charge in [0.1, 0.15) is 5.01 Å². The molecule has 1 aromatic carbocycles. The monoisotopic (exact) mass is 540 g/mol. The number of halogens is 3. The molecule has 10 heteroatoms. The zero-order chi connectivity index (χ0) is 20.5. The maximum Gasteiger partial charge on any atom is 0.387 e. The Morgan fingerprint density at radius 3 is 2.52 bits per heavy atom. The molecule has 162 valence electrons. The van der Waals surface area contributed by atoms with Gasteiger partial charge in [0.15, 0.2) is 17.5 Å². The Hall–Kier alpha value is -1.69. The van der Waals surface area contributed by atoms with E-state index in [1.54, 1.807) is 37.4 Å². The summed E-state index contributed by atoms with van der Waals surface area (Å²) in [6, 6.07) is 4.86. The lowest BCUT2D eigenvalue weighted by Crippen LogP contribution is -2.36. The van der Waals surface area contributed by atoms with Crippen molar-refractivity contribution in [3.8, 4) is 11.5 Å². The van der Waals surface area contributed by atoms with Gasteiger partial charge in [0, 0.05) is 19.0 Å². The fraction of sp³-hybridized carbons (Fsp3) is 0.474. The first-order chi connectivity index (χ1) is 13.4. The lowest BCUT2D eigenvalue weighted by Gasteiger charge is -2.14. The van der Waals surface area contributed by atoms with Crippen LogP contribution in [0.25, 0.3) is 0 Å². The van der Waals surface area contributed by atoms with Crippen LogP contribution in [0.15, 0.2) is 28.6 Å². The maximum atomic E-state index is 12.5. The zero-order valence-corrected chi connectivity index (χ0v) is 20.0. The highest BCUT2D eigenvalue weighted by molar-refractivity contribution is 14.0. The van der Waals surface area contributed by atoms with Gasteiger partial charge in [0.2, 0.25) is 0 Å². The largest absolute Gasteiger partial charge is 0.490 e. The van der Waals surface area contributed by atoms with E-state index >= 15 is 0 Å². The molecule has 0 atom stereocenters. The van der Waals surface area contributed by atoms with Crippen molar-refractivity contribution in [1.82, 2.24) is 15.6 Å². The van der Waals surface area contributed by atoms with Crippen LogP contribution in [-0.2, 0) is 13.1 Å². The van der Waals surface area contributed by atoms with Gasteiger partial charge in [-0.25, -0.2) is 4.98 Å². The average molecular weight is 540 g/mol. The van der Waals surface area contributed by atoms with E-state index in [1.165, 1.54) is 6.07 Å². The van der Waals surface area contributed by atoms with Gasteiger partial charge in [-0.1, -0.05) is 19.9 Å². The van der Waals surface area contributed by atoms with Crippen molar-refractivity contribution in [3.63, 3.8) is 0 Å². The minimum Gasteiger partial charge on any atom is -0.490 e. The molecule has 2 N–H and O–H groups in total. The first-order valence-electron chi connectivity index (χ1n) is 9.02. The highest BCUT2D eigenvalue weighted by Gasteiger charge is 2.12. The number of hydrogen-bond acceptors (Lipinski definition) is 5. The molecule has 0 aliphatic heterocycles. The number of aromatic nitrogens is 1. The molecule has 29 heavy (non-hydrogen) atoms. The van der Waals surface area contributed by atoms with E-state index in [0.29, 0.717) is 31.6 Å². The zero-order valence-electron chi connectivity index (χ0n) is 16.9. The number of rotatable bonds is 9. The Bertz CT molecular complexity index is 787. The lowest BCUT2D eigenvalue weighted by atomic mass is 10.2. The third-order valence-corrected chi connectivity index (χ3v) is 4.64. The van der Waals surface area contributed by atoms with Crippen molar-refractivity contribution in [1.29, 1.82) is 0 Å². The van der Waals surface area contributed by atoms with Crippen LogP contribution in [0.2, 0.25) is 0 Å². The van der Waals surface area contributed by atoms with Gasteiger partial charge in [0.25, 0.3) is 0 Å². The maximum absolute atomic E-state index is 12.5. The van der Waals surface area contributed by atoms with Crippen LogP contribution < -0.4 is 20.1 Å². The third-order valence-electron chi connectivity index (χ3n) is 3.78. The summed E-state index contributed by atoms with van der Waals surface area (Å²) >= 11 is 1.61. The number of nitrogens with one attached hydrogen (secondary N) is 2. The molecular formula is C19H27F2IN4O2S. The van der Waals surface area contributed by atoms with Gasteiger partial charge in [-0.2, -0.15) is 8.78 Å². The molecule has 1 aromatic heterocycles. The molecule has 0 saturated carbocycles. The van der Waals surface area contributed by atoms with Crippen LogP contribution >= 0.6 is 35.3 Å². The van der Waals surface area contributed by atoms with Crippen LogP contribution in [0.4, 0.5) is 8.78 Å². The van der Waals surface area contributed by atoms with Gasteiger partial charge in [0.05, 0.1) is 18.8 Å². The number of hydrogen-bond donors (Lipinski definition) is 2. The number of ether oxygens (including phenoxy) is 2. The summed E-state index contributed by atoms with van der Waals surface area (Å²) in [5.41, 5.74) is 1.93. The molecule has 0 saturated heterocycles. The van der Waals surface area contributed by atoms with Gasteiger partial charge in [-0.15, -0.1) is 35.3 Å². The number of aliphatic imine (C=N–C) groups is 1. The Morgan fingerprint density at radius 2 is 1.93 bits per heavy atom. The Labute approximate surface area is 191 Å². The van der Waals surface area contributed by atoms with E-state index in [9.17, 15) is 8.78 Å². The number of alkyl halides is 2. The summed E-state index contributed by atoms with van der Waals surface area (Å²) in [7, 11) is 1.68. The van der Waals surface area contributed by atoms with E-state index in [2.05, 4.69) is 44.6 Å². The molecular weight excluding hydrogens is 513 g/mol. The number of guanidine groups is 1. The minimum absolute atomic E-state index is 0. The van der Waals surface area contributed by atoms with Crippen molar-refractivity contribution in [2.75, 3.05) is 13.7 Å². The fourth-order valence-electron chi connectivity index (χ4n) is 2.36.